The number of anilines is 1. The van der Waals surface area contributed by atoms with Crippen LogP contribution in [0.4, 0.5) is 5.95 Å². The SMILES string of the molecule is CC(C)CCCCn1c(N)nc2cc(Cl)ccc21. The van der Waals surface area contributed by atoms with Gasteiger partial charge in [-0.2, -0.15) is 0 Å². The average molecular weight is 266 g/mol. The summed E-state index contributed by atoms with van der Waals surface area (Å²) in [5, 5.41) is 0.701. The number of halogens is 1. The van der Waals surface area contributed by atoms with Crippen molar-refractivity contribution in [2.24, 2.45) is 5.92 Å². The number of hydrogen-bond donors (Lipinski definition) is 1. The van der Waals surface area contributed by atoms with Crippen LogP contribution in [-0.4, -0.2) is 9.55 Å². The van der Waals surface area contributed by atoms with Gasteiger partial charge in [0, 0.05) is 11.6 Å². The van der Waals surface area contributed by atoms with Gasteiger partial charge >= 0.3 is 0 Å². The summed E-state index contributed by atoms with van der Waals surface area (Å²) in [6.07, 6.45) is 3.62. The first kappa shape index (κ1) is 13.2. The first-order valence-electron chi connectivity index (χ1n) is 6.49. The van der Waals surface area contributed by atoms with Crippen molar-refractivity contribution < 1.29 is 0 Å². The Hall–Kier alpha value is -1.22. The Morgan fingerprint density at radius 2 is 2.11 bits per heavy atom. The number of nitrogens with two attached hydrogens (primary N) is 1. The van der Waals surface area contributed by atoms with Crippen LogP contribution in [-0.2, 0) is 6.54 Å². The van der Waals surface area contributed by atoms with E-state index in [0.717, 1.165) is 29.9 Å². The molecule has 0 aliphatic heterocycles. The molecule has 98 valence electrons. The molecule has 0 unspecified atom stereocenters. The van der Waals surface area contributed by atoms with Crippen molar-refractivity contribution in [3.8, 4) is 0 Å². The Bertz CT molecular complexity index is 531. The second-order valence-electron chi connectivity index (χ2n) is 5.14. The van der Waals surface area contributed by atoms with E-state index < -0.39 is 0 Å². The lowest BCUT2D eigenvalue weighted by Crippen LogP contribution is -2.03. The van der Waals surface area contributed by atoms with Crippen LogP contribution in [0.3, 0.4) is 0 Å². The minimum Gasteiger partial charge on any atom is -0.369 e. The first-order chi connectivity index (χ1) is 8.58. The molecule has 0 aliphatic rings. The Morgan fingerprint density at radius 1 is 1.33 bits per heavy atom. The fourth-order valence-electron chi connectivity index (χ4n) is 2.18. The highest BCUT2D eigenvalue weighted by atomic mass is 35.5. The minimum atomic E-state index is 0.580. The molecule has 0 atom stereocenters. The highest BCUT2D eigenvalue weighted by Gasteiger charge is 2.08. The standard InChI is InChI=1S/C14H20ClN3/c1-10(2)5-3-4-8-18-13-7-6-11(15)9-12(13)17-14(18)16/h6-7,9-10H,3-5,8H2,1-2H3,(H2,16,17). The Balaban J connectivity index is 2.10. The van der Waals surface area contributed by atoms with Gasteiger partial charge in [0.1, 0.15) is 0 Å². The van der Waals surface area contributed by atoms with E-state index in [1.165, 1.54) is 12.8 Å². The second kappa shape index (κ2) is 5.61. The van der Waals surface area contributed by atoms with Gasteiger partial charge in [-0.05, 0) is 30.5 Å². The quantitative estimate of drug-likeness (QED) is 0.827. The van der Waals surface area contributed by atoms with Gasteiger partial charge in [0.05, 0.1) is 11.0 Å². The van der Waals surface area contributed by atoms with Crippen LogP contribution >= 0.6 is 11.6 Å². The third-order valence-electron chi connectivity index (χ3n) is 3.15. The molecule has 0 saturated carbocycles. The molecule has 0 amide bonds. The summed E-state index contributed by atoms with van der Waals surface area (Å²) >= 11 is 5.95. The molecule has 0 bridgehead atoms. The van der Waals surface area contributed by atoms with E-state index in [1.54, 1.807) is 0 Å². The topological polar surface area (TPSA) is 43.8 Å². The van der Waals surface area contributed by atoms with Crippen LogP contribution in [0, 0.1) is 5.92 Å². The molecule has 1 heterocycles. The van der Waals surface area contributed by atoms with Crippen LogP contribution < -0.4 is 5.73 Å². The van der Waals surface area contributed by atoms with E-state index in [-0.39, 0.29) is 0 Å². The molecule has 18 heavy (non-hydrogen) atoms. The molecule has 0 spiro atoms. The summed E-state index contributed by atoms with van der Waals surface area (Å²) in [6.45, 7) is 5.43. The lowest BCUT2D eigenvalue weighted by Gasteiger charge is -2.07. The van der Waals surface area contributed by atoms with Crippen molar-refractivity contribution in [1.82, 2.24) is 9.55 Å². The Morgan fingerprint density at radius 3 is 2.83 bits per heavy atom. The average Bonchev–Trinajstić information content (AvgIpc) is 2.59. The molecule has 1 aromatic carbocycles. The van der Waals surface area contributed by atoms with Crippen LogP contribution in [0.1, 0.15) is 33.1 Å². The maximum absolute atomic E-state index is 5.95. The normalized spacial score (nSPS) is 11.6. The van der Waals surface area contributed by atoms with Crippen LogP contribution in [0.5, 0.6) is 0 Å². The number of hydrogen-bond acceptors (Lipinski definition) is 2. The van der Waals surface area contributed by atoms with Gasteiger partial charge in [-0.25, -0.2) is 4.98 Å². The van der Waals surface area contributed by atoms with E-state index in [4.69, 9.17) is 17.3 Å². The summed E-state index contributed by atoms with van der Waals surface area (Å²) < 4.78 is 2.08. The zero-order valence-electron chi connectivity index (χ0n) is 11.0. The number of aryl methyl sites for hydroxylation is 1. The summed E-state index contributed by atoms with van der Waals surface area (Å²) in [6, 6.07) is 5.73. The second-order valence-corrected chi connectivity index (χ2v) is 5.58. The molecule has 1 aromatic heterocycles. The zero-order chi connectivity index (χ0) is 13.1. The van der Waals surface area contributed by atoms with Gasteiger partial charge < -0.3 is 10.3 Å². The van der Waals surface area contributed by atoms with Gasteiger partial charge in [-0.1, -0.05) is 38.3 Å². The summed E-state index contributed by atoms with van der Waals surface area (Å²) in [5.41, 5.74) is 7.90. The molecule has 2 rings (SSSR count). The molecule has 3 nitrogen and oxygen atoms in total. The van der Waals surface area contributed by atoms with Crippen LogP contribution in [0.2, 0.25) is 5.02 Å². The minimum absolute atomic E-state index is 0.580. The molecule has 2 aromatic rings. The molecule has 2 N–H and O–H groups in total. The van der Waals surface area contributed by atoms with Crippen LogP contribution in [0.15, 0.2) is 18.2 Å². The van der Waals surface area contributed by atoms with E-state index >= 15 is 0 Å². The number of benzene rings is 1. The number of unbranched alkanes of at least 4 members (excludes halogenated alkanes) is 1. The number of imidazole rings is 1. The van der Waals surface area contributed by atoms with Gasteiger partial charge in [0.2, 0.25) is 5.95 Å². The van der Waals surface area contributed by atoms with Gasteiger partial charge in [0.25, 0.3) is 0 Å². The summed E-state index contributed by atoms with van der Waals surface area (Å²) in [7, 11) is 0. The van der Waals surface area contributed by atoms with Gasteiger partial charge in [0.15, 0.2) is 0 Å². The first-order valence-corrected chi connectivity index (χ1v) is 6.87. The number of nitrogen functional groups attached to an aromatic ring is 1. The third-order valence-corrected chi connectivity index (χ3v) is 3.39. The monoisotopic (exact) mass is 265 g/mol. The highest BCUT2D eigenvalue weighted by Crippen LogP contribution is 2.22. The van der Waals surface area contributed by atoms with Crippen molar-refractivity contribution in [2.75, 3.05) is 5.73 Å². The molecule has 0 saturated heterocycles. The zero-order valence-corrected chi connectivity index (χ0v) is 11.7. The summed E-state index contributed by atoms with van der Waals surface area (Å²) in [4.78, 5) is 4.34. The predicted molar refractivity (Wildman–Crippen MR) is 77.8 cm³/mol. The lowest BCUT2D eigenvalue weighted by molar-refractivity contribution is 0.514. The predicted octanol–water partition coefficient (Wildman–Crippen LogP) is 4.10. The molecular weight excluding hydrogens is 246 g/mol. The van der Waals surface area contributed by atoms with Crippen molar-refractivity contribution in [3.63, 3.8) is 0 Å². The number of fused-ring (bicyclic) bond motifs is 1. The largest absolute Gasteiger partial charge is 0.369 e. The van der Waals surface area contributed by atoms with E-state index in [1.807, 2.05) is 18.2 Å². The molecular formula is C14H20ClN3. The maximum atomic E-state index is 5.95. The third kappa shape index (κ3) is 2.96. The van der Waals surface area contributed by atoms with Gasteiger partial charge in [-0.15, -0.1) is 0 Å². The number of rotatable bonds is 5. The van der Waals surface area contributed by atoms with E-state index in [9.17, 15) is 0 Å². The molecule has 0 radical (unpaired) electrons. The fraction of sp³-hybridized carbons (Fsp3) is 0.500. The molecule has 0 fully saturated rings. The Kier molecular flexibility index (Phi) is 4.12. The number of aromatic nitrogens is 2. The highest BCUT2D eigenvalue weighted by molar-refractivity contribution is 6.31. The van der Waals surface area contributed by atoms with Crippen molar-refractivity contribution >= 4 is 28.6 Å². The van der Waals surface area contributed by atoms with E-state index in [2.05, 4.69) is 23.4 Å². The maximum Gasteiger partial charge on any atom is 0.201 e. The molecule has 4 heteroatoms. The van der Waals surface area contributed by atoms with Crippen molar-refractivity contribution in [3.05, 3.63) is 23.2 Å². The smallest absolute Gasteiger partial charge is 0.201 e. The fourth-order valence-corrected chi connectivity index (χ4v) is 2.35. The number of nitrogens with zero attached hydrogens (tertiary/aromatic N) is 2. The lowest BCUT2D eigenvalue weighted by atomic mass is 10.1. The Labute approximate surface area is 113 Å². The van der Waals surface area contributed by atoms with Crippen molar-refractivity contribution in [2.45, 2.75) is 39.7 Å². The van der Waals surface area contributed by atoms with Gasteiger partial charge in [-0.3, -0.25) is 0 Å². The van der Waals surface area contributed by atoms with E-state index in [0.29, 0.717) is 11.0 Å². The summed E-state index contributed by atoms with van der Waals surface area (Å²) in [5.74, 6) is 1.34. The van der Waals surface area contributed by atoms with Crippen LogP contribution in [0.25, 0.3) is 11.0 Å². The molecule has 0 aliphatic carbocycles. The van der Waals surface area contributed by atoms with Crippen molar-refractivity contribution in [1.29, 1.82) is 0 Å².